The molecule has 5 rings (SSSR count). The summed E-state index contributed by atoms with van der Waals surface area (Å²) in [6.45, 7) is 1.81. The third-order valence-corrected chi connectivity index (χ3v) is 5.35. The first-order valence-corrected chi connectivity index (χ1v) is 9.61. The predicted octanol–water partition coefficient (Wildman–Crippen LogP) is 5.04. The molecule has 0 saturated carbocycles. The van der Waals surface area contributed by atoms with Gasteiger partial charge < -0.3 is 4.42 Å². The average molecular weight is 421 g/mol. The zero-order chi connectivity index (χ0) is 21.0. The van der Waals surface area contributed by atoms with Crippen molar-refractivity contribution in [2.24, 2.45) is 0 Å². The Morgan fingerprint density at radius 3 is 2.63 bits per heavy atom. The first-order chi connectivity index (χ1) is 14.4. The van der Waals surface area contributed by atoms with Crippen molar-refractivity contribution in [2.75, 3.05) is 4.90 Å². The van der Waals surface area contributed by atoms with Crippen LogP contribution in [0.5, 0.6) is 0 Å². The summed E-state index contributed by atoms with van der Waals surface area (Å²) in [7, 11) is 0. The van der Waals surface area contributed by atoms with Crippen LogP contribution in [0, 0.1) is 12.7 Å². The topological polar surface area (TPSA) is 63.4 Å². The summed E-state index contributed by atoms with van der Waals surface area (Å²) in [5.41, 5.74) is 1.17. The minimum absolute atomic E-state index is 0.0765. The van der Waals surface area contributed by atoms with Gasteiger partial charge in [-0.05, 0) is 55.0 Å². The number of pyridine rings is 1. The van der Waals surface area contributed by atoms with Gasteiger partial charge in [0.2, 0.25) is 5.76 Å². The fourth-order valence-electron chi connectivity index (χ4n) is 3.84. The molecule has 1 aliphatic heterocycles. The molecule has 30 heavy (non-hydrogen) atoms. The largest absolute Gasteiger partial charge is 0.450 e. The Hall–Kier alpha value is -3.51. The molecule has 0 bridgehead atoms. The molecule has 148 valence electrons. The molecule has 1 unspecified atom stereocenters. The highest BCUT2D eigenvalue weighted by atomic mass is 35.5. The number of hydrogen-bond acceptors (Lipinski definition) is 4. The summed E-state index contributed by atoms with van der Waals surface area (Å²) < 4.78 is 19.6. The van der Waals surface area contributed by atoms with Crippen molar-refractivity contribution >= 4 is 34.3 Å². The van der Waals surface area contributed by atoms with Crippen LogP contribution in [-0.4, -0.2) is 10.9 Å². The van der Waals surface area contributed by atoms with Crippen molar-refractivity contribution in [1.82, 2.24) is 4.98 Å². The fourth-order valence-corrected chi connectivity index (χ4v) is 4.04. The lowest BCUT2D eigenvalue weighted by atomic mass is 9.98. The summed E-state index contributed by atoms with van der Waals surface area (Å²) in [6.07, 6.45) is 0. The van der Waals surface area contributed by atoms with Gasteiger partial charge >= 0.3 is 0 Å². The minimum atomic E-state index is -0.801. The number of fused-ring (bicyclic) bond motifs is 2. The number of carbonyl (C=O) groups excluding carboxylic acids is 1. The number of halogens is 2. The van der Waals surface area contributed by atoms with E-state index in [1.807, 2.05) is 13.0 Å². The van der Waals surface area contributed by atoms with Crippen LogP contribution >= 0.6 is 11.6 Å². The van der Waals surface area contributed by atoms with Gasteiger partial charge in [0.15, 0.2) is 5.43 Å². The molecule has 0 radical (unpaired) electrons. The highest BCUT2D eigenvalue weighted by Gasteiger charge is 2.44. The van der Waals surface area contributed by atoms with Crippen molar-refractivity contribution in [3.05, 3.63) is 104 Å². The number of nitrogens with zero attached hydrogens (tertiary/aromatic N) is 2. The molecule has 0 spiro atoms. The van der Waals surface area contributed by atoms with Gasteiger partial charge in [0, 0.05) is 10.7 Å². The second kappa shape index (κ2) is 6.78. The zero-order valence-corrected chi connectivity index (χ0v) is 16.5. The van der Waals surface area contributed by atoms with Gasteiger partial charge in [-0.3, -0.25) is 14.5 Å². The van der Waals surface area contributed by atoms with Crippen LogP contribution < -0.4 is 10.3 Å². The second-order valence-electron chi connectivity index (χ2n) is 7.08. The van der Waals surface area contributed by atoms with Crippen LogP contribution in [0.1, 0.15) is 33.4 Å². The number of rotatable bonds is 2. The highest BCUT2D eigenvalue weighted by molar-refractivity contribution is 6.30. The summed E-state index contributed by atoms with van der Waals surface area (Å²) >= 11 is 6.19. The lowest BCUT2D eigenvalue weighted by molar-refractivity contribution is 0.0970. The van der Waals surface area contributed by atoms with Gasteiger partial charge in [0.25, 0.3) is 5.91 Å². The van der Waals surface area contributed by atoms with Crippen LogP contribution in [-0.2, 0) is 0 Å². The Morgan fingerprint density at radius 1 is 1.07 bits per heavy atom. The van der Waals surface area contributed by atoms with Crippen LogP contribution in [0.3, 0.4) is 0 Å². The Labute approximate surface area is 175 Å². The maximum Gasteiger partial charge on any atom is 0.296 e. The van der Waals surface area contributed by atoms with Gasteiger partial charge in [-0.15, -0.1) is 0 Å². The summed E-state index contributed by atoms with van der Waals surface area (Å²) in [5.74, 6) is -0.745. The molecule has 0 N–H and O–H groups in total. The van der Waals surface area contributed by atoms with Crippen LogP contribution in [0.2, 0.25) is 5.02 Å². The van der Waals surface area contributed by atoms with E-state index in [2.05, 4.69) is 4.98 Å². The highest BCUT2D eigenvalue weighted by Crippen LogP contribution is 2.41. The molecule has 1 aliphatic rings. The van der Waals surface area contributed by atoms with Crippen molar-refractivity contribution in [2.45, 2.75) is 13.0 Å². The van der Waals surface area contributed by atoms with Crippen molar-refractivity contribution in [1.29, 1.82) is 0 Å². The lowest BCUT2D eigenvalue weighted by Gasteiger charge is -2.24. The third kappa shape index (κ3) is 2.80. The standard InChI is InChI=1S/C23H14ClFN2O3/c1-12-4-2-7-18(26-12)27-20(13-5-3-6-14(24)10-13)19-21(28)16-11-15(25)8-9-17(16)30-22(19)23(27)29/h2-11,20H,1H3. The van der Waals surface area contributed by atoms with Gasteiger partial charge in [-0.25, -0.2) is 9.37 Å². The smallest absolute Gasteiger partial charge is 0.296 e. The first kappa shape index (κ1) is 18.5. The van der Waals surface area contributed by atoms with Gasteiger partial charge in [-0.1, -0.05) is 29.8 Å². The van der Waals surface area contributed by atoms with E-state index in [1.54, 1.807) is 36.4 Å². The minimum Gasteiger partial charge on any atom is -0.450 e. The van der Waals surface area contributed by atoms with E-state index in [-0.39, 0.29) is 22.3 Å². The van der Waals surface area contributed by atoms with E-state index in [0.717, 1.165) is 6.07 Å². The van der Waals surface area contributed by atoms with E-state index in [4.69, 9.17) is 16.0 Å². The Morgan fingerprint density at radius 2 is 1.87 bits per heavy atom. The summed E-state index contributed by atoms with van der Waals surface area (Å²) in [6, 6.07) is 15.0. The molecule has 7 heteroatoms. The number of anilines is 1. The Balaban J connectivity index is 1.84. The second-order valence-corrected chi connectivity index (χ2v) is 7.52. The number of aryl methyl sites for hydroxylation is 1. The van der Waals surface area contributed by atoms with E-state index in [1.165, 1.54) is 17.0 Å². The average Bonchev–Trinajstić information content (AvgIpc) is 3.01. The molecule has 1 amide bonds. The van der Waals surface area contributed by atoms with Crippen LogP contribution in [0.15, 0.2) is 69.9 Å². The van der Waals surface area contributed by atoms with Gasteiger partial charge in [0.05, 0.1) is 17.0 Å². The molecule has 3 heterocycles. The molecule has 1 atom stereocenters. The van der Waals surface area contributed by atoms with Crippen LogP contribution in [0.4, 0.5) is 10.2 Å². The molecule has 0 saturated heterocycles. The molecular formula is C23H14ClFN2O3. The third-order valence-electron chi connectivity index (χ3n) is 5.12. The van der Waals surface area contributed by atoms with Crippen molar-refractivity contribution < 1.29 is 13.6 Å². The zero-order valence-electron chi connectivity index (χ0n) is 15.7. The number of hydrogen-bond donors (Lipinski definition) is 0. The molecule has 0 fully saturated rings. The van der Waals surface area contributed by atoms with Gasteiger partial charge in [-0.2, -0.15) is 0 Å². The summed E-state index contributed by atoms with van der Waals surface area (Å²) in [4.78, 5) is 32.6. The first-order valence-electron chi connectivity index (χ1n) is 9.23. The summed E-state index contributed by atoms with van der Waals surface area (Å²) in [5, 5.41) is 0.536. The molecule has 2 aromatic carbocycles. The molecular weight excluding hydrogens is 407 g/mol. The van der Waals surface area contributed by atoms with E-state index in [0.29, 0.717) is 22.1 Å². The number of aromatic nitrogens is 1. The number of amides is 1. The van der Waals surface area contributed by atoms with E-state index >= 15 is 0 Å². The predicted molar refractivity (Wildman–Crippen MR) is 112 cm³/mol. The van der Waals surface area contributed by atoms with Crippen LogP contribution in [0.25, 0.3) is 11.0 Å². The van der Waals surface area contributed by atoms with E-state index < -0.39 is 23.2 Å². The number of carbonyl (C=O) groups is 1. The molecule has 4 aromatic rings. The maximum atomic E-state index is 13.8. The fraction of sp³-hybridized carbons (Fsp3) is 0.0870. The van der Waals surface area contributed by atoms with Crippen molar-refractivity contribution in [3.63, 3.8) is 0 Å². The molecule has 0 aliphatic carbocycles. The Kier molecular flexibility index (Phi) is 4.18. The lowest BCUT2D eigenvalue weighted by Crippen LogP contribution is -2.30. The quantitative estimate of drug-likeness (QED) is 0.456. The molecule has 2 aromatic heterocycles. The van der Waals surface area contributed by atoms with Crippen molar-refractivity contribution in [3.8, 4) is 0 Å². The Bertz CT molecular complexity index is 1400. The van der Waals surface area contributed by atoms with Gasteiger partial charge in [0.1, 0.15) is 17.2 Å². The maximum absolute atomic E-state index is 13.8. The SMILES string of the molecule is Cc1cccc(N2C(=O)c3oc4ccc(F)cc4c(=O)c3C2c2cccc(Cl)c2)n1. The number of benzene rings is 2. The monoisotopic (exact) mass is 420 g/mol. The normalized spacial score (nSPS) is 15.6. The molecule has 5 nitrogen and oxygen atoms in total. The van der Waals surface area contributed by atoms with E-state index in [9.17, 15) is 14.0 Å².